The molecule has 0 atom stereocenters. The molecule has 0 saturated heterocycles. The molecule has 3 heterocycles. The molecule has 1 N–H and O–H groups in total. The van der Waals surface area contributed by atoms with E-state index in [2.05, 4.69) is 15.2 Å². The average molecular weight is 402 g/mol. The van der Waals surface area contributed by atoms with Crippen LogP contribution in [0.5, 0.6) is 0 Å². The number of thiazole rings is 1. The molecule has 0 radical (unpaired) electrons. The van der Waals surface area contributed by atoms with Gasteiger partial charge in [0, 0.05) is 7.05 Å². The lowest BCUT2D eigenvalue weighted by Gasteiger charge is -2.16. The first kappa shape index (κ1) is 17.1. The van der Waals surface area contributed by atoms with Gasteiger partial charge in [-0.25, -0.2) is 4.98 Å². The molecule has 0 aliphatic heterocycles. The molecule has 132 valence electrons. The quantitative estimate of drug-likeness (QED) is 0.515. The number of hydrogen-bond acceptors (Lipinski definition) is 6. The van der Waals surface area contributed by atoms with Crippen LogP contribution in [0.4, 0.5) is 0 Å². The van der Waals surface area contributed by atoms with Crippen molar-refractivity contribution in [3.63, 3.8) is 0 Å². The second-order valence-electron chi connectivity index (χ2n) is 5.74. The van der Waals surface area contributed by atoms with Crippen LogP contribution in [0, 0.1) is 4.77 Å². The maximum Gasteiger partial charge on any atom is 0.242 e. The van der Waals surface area contributed by atoms with Gasteiger partial charge in [-0.1, -0.05) is 18.2 Å². The first-order chi connectivity index (χ1) is 12.6. The van der Waals surface area contributed by atoms with Gasteiger partial charge in [-0.3, -0.25) is 14.5 Å². The van der Waals surface area contributed by atoms with Crippen molar-refractivity contribution in [3.8, 4) is 10.7 Å². The van der Waals surface area contributed by atoms with Crippen LogP contribution in [0.15, 0.2) is 41.8 Å². The summed E-state index contributed by atoms with van der Waals surface area (Å²) in [6, 6.07) is 11.9. The molecule has 0 spiro atoms. The summed E-state index contributed by atoms with van der Waals surface area (Å²) in [6.45, 7) is 0.613. The Morgan fingerprint density at radius 2 is 2.15 bits per heavy atom. The number of benzene rings is 1. The maximum atomic E-state index is 12.7. The molecule has 26 heavy (non-hydrogen) atoms. The summed E-state index contributed by atoms with van der Waals surface area (Å²) in [5, 5.41) is 9.92. The van der Waals surface area contributed by atoms with E-state index in [0.29, 0.717) is 17.1 Å². The van der Waals surface area contributed by atoms with Crippen molar-refractivity contribution >= 4 is 51.0 Å². The Balaban J connectivity index is 1.51. The molecule has 9 heteroatoms. The Morgan fingerprint density at radius 3 is 2.92 bits per heavy atom. The van der Waals surface area contributed by atoms with E-state index in [1.165, 1.54) is 0 Å². The van der Waals surface area contributed by atoms with Crippen LogP contribution < -0.4 is 0 Å². The van der Waals surface area contributed by atoms with Crippen LogP contribution >= 0.6 is 34.9 Å². The van der Waals surface area contributed by atoms with E-state index < -0.39 is 0 Å². The van der Waals surface area contributed by atoms with Crippen molar-refractivity contribution in [2.75, 3.05) is 7.05 Å². The Morgan fingerprint density at radius 1 is 1.31 bits per heavy atom. The summed E-state index contributed by atoms with van der Waals surface area (Å²) < 4.78 is 3.30. The number of H-pyrrole nitrogens is 1. The maximum absolute atomic E-state index is 12.7. The number of nitrogens with zero attached hydrogens (tertiary/aromatic N) is 4. The zero-order valence-electron chi connectivity index (χ0n) is 13.9. The smallest absolute Gasteiger partial charge is 0.242 e. The lowest BCUT2D eigenvalue weighted by Crippen LogP contribution is -2.30. The first-order valence-corrected chi connectivity index (χ1v) is 10.00. The summed E-state index contributed by atoms with van der Waals surface area (Å²) in [5.41, 5.74) is 0.963. The molecule has 0 unspecified atom stereocenters. The van der Waals surface area contributed by atoms with E-state index >= 15 is 0 Å². The molecule has 4 rings (SSSR count). The summed E-state index contributed by atoms with van der Waals surface area (Å²) in [6.07, 6.45) is 0. The van der Waals surface area contributed by atoms with Crippen LogP contribution in [0.3, 0.4) is 0 Å². The fraction of sp³-hybridized carbons (Fsp3) is 0.176. The summed E-state index contributed by atoms with van der Waals surface area (Å²) in [4.78, 5) is 19.9. The van der Waals surface area contributed by atoms with Gasteiger partial charge in [0.25, 0.3) is 0 Å². The minimum Gasteiger partial charge on any atom is -0.337 e. The third kappa shape index (κ3) is 3.33. The van der Waals surface area contributed by atoms with Gasteiger partial charge in [-0.05, 0) is 35.8 Å². The van der Waals surface area contributed by atoms with Gasteiger partial charge in [0.2, 0.25) is 5.91 Å². The number of likely N-dealkylation sites (N-methyl/N-ethyl adjacent to an activating group) is 1. The van der Waals surface area contributed by atoms with Crippen molar-refractivity contribution in [2.45, 2.75) is 13.1 Å². The van der Waals surface area contributed by atoms with Crippen molar-refractivity contribution in [1.29, 1.82) is 0 Å². The number of nitrogens with one attached hydrogen (secondary N) is 1. The number of amides is 1. The molecule has 6 nitrogen and oxygen atoms in total. The number of fused-ring (bicyclic) bond motifs is 1. The van der Waals surface area contributed by atoms with Gasteiger partial charge in [-0.15, -0.1) is 22.7 Å². The van der Waals surface area contributed by atoms with Crippen LogP contribution in [0.1, 0.15) is 5.01 Å². The van der Waals surface area contributed by atoms with E-state index in [1.807, 2.05) is 41.8 Å². The Hall–Kier alpha value is -2.36. The molecular formula is C17H15N5OS3. The van der Waals surface area contributed by atoms with Crippen molar-refractivity contribution in [3.05, 3.63) is 51.6 Å². The summed E-state index contributed by atoms with van der Waals surface area (Å²) >= 11 is 8.46. The second-order valence-corrected chi connectivity index (χ2v) is 8.19. The Bertz CT molecular complexity index is 1080. The largest absolute Gasteiger partial charge is 0.337 e. The van der Waals surface area contributed by atoms with Gasteiger partial charge in [0.1, 0.15) is 11.6 Å². The molecule has 0 aliphatic rings. The Labute approximate surface area is 162 Å². The molecule has 4 aromatic rings. The second kappa shape index (κ2) is 7.10. The third-order valence-corrected chi connectivity index (χ3v) is 6.13. The summed E-state index contributed by atoms with van der Waals surface area (Å²) in [5.74, 6) is 0.645. The van der Waals surface area contributed by atoms with Gasteiger partial charge >= 0.3 is 0 Å². The normalized spacial score (nSPS) is 11.1. The predicted octanol–water partition coefficient (Wildman–Crippen LogP) is 3.94. The molecule has 0 saturated carbocycles. The van der Waals surface area contributed by atoms with Crippen molar-refractivity contribution in [1.82, 2.24) is 24.6 Å². The number of carbonyl (C=O) groups is 1. The highest BCUT2D eigenvalue weighted by Crippen LogP contribution is 2.24. The van der Waals surface area contributed by atoms with Crippen molar-refractivity contribution in [2.24, 2.45) is 0 Å². The van der Waals surface area contributed by atoms with Gasteiger partial charge < -0.3 is 4.90 Å². The topological polar surface area (TPSA) is 66.8 Å². The highest BCUT2D eigenvalue weighted by molar-refractivity contribution is 7.71. The summed E-state index contributed by atoms with van der Waals surface area (Å²) in [7, 11) is 1.78. The minimum atomic E-state index is -0.0421. The highest BCUT2D eigenvalue weighted by Gasteiger charge is 2.17. The van der Waals surface area contributed by atoms with E-state index in [1.54, 1.807) is 39.2 Å². The standard InChI is InChI=1S/C17H15N5OS3/c1-21(9-14-18-11-5-2-3-6-12(11)26-14)15(23)10-22-16(19-20-17(22)24)13-7-4-8-25-13/h2-8H,9-10H2,1H3,(H,20,24). The predicted molar refractivity (Wildman–Crippen MR) is 107 cm³/mol. The number of thiophene rings is 1. The highest BCUT2D eigenvalue weighted by atomic mass is 32.1. The molecule has 1 aromatic carbocycles. The molecule has 0 bridgehead atoms. The van der Waals surface area contributed by atoms with E-state index in [4.69, 9.17) is 12.2 Å². The number of aromatic nitrogens is 4. The lowest BCUT2D eigenvalue weighted by molar-refractivity contribution is -0.131. The van der Waals surface area contributed by atoms with E-state index in [-0.39, 0.29) is 12.5 Å². The zero-order chi connectivity index (χ0) is 18.1. The first-order valence-electron chi connectivity index (χ1n) is 7.89. The fourth-order valence-corrected chi connectivity index (χ4v) is 4.53. The van der Waals surface area contributed by atoms with Crippen LogP contribution in [0.2, 0.25) is 0 Å². The molecule has 1 amide bonds. The molecule has 0 fully saturated rings. The zero-order valence-corrected chi connectivity index (χ0v) is 16.3. The van der Waals surface area contributed by atoms with E-state index in [9.17, 15) is 4.79 Å². The number of para-hydroxylation sites is 1. The fourth-order valence-electron chi connectivity index (χ4n) is 2.59. The van der Waals surface area contributed by atoms with E-state index in [0.717, 1.165) is 20.1 Å². The Kier molecular flexibility index (Phi) is 4.66. The molecular weight excluding hydrogens is 386 g/mol. The number of rotatable bonds is 5. The van der Waals surface area contributed by atoms with Crippen LogP contribution in [-0.2, 0) is 17.9 Å². The average Bonchev–Trinajstić information content (AvgIpc) is 3.35. The third-order valence-electron chi connectivity index (χ3n) is 3.93. The minimum absolute atomic E-state index is 0.0421. The van der Waals surface area contributed by atoms with Gasteiger partial charge in [-0.2, -0.15) is 5.10 Å². The molecule has 3 aromatic heterocycles. The van der Waals surface area contributed by atoms with Gasteiger partial charge in [0.05, 0.1) is 21.6 Å². The number of aromatic amines is 1. The number of hydrogen-bond donors (Lipinski definition) is 1. The van der Waals surface area contributed by atoms with Crippen molar-refractivity contribution < 1.29 is 4.79 Å². The van der Waals surface area contributed by atoms with Crippen LogP contribution in [-0.4, -0.2) is 37.6 Å². The van der Waals surface area contributed by atoms with Crippen LogP contribution in [0.25, 0.3) is 20.9 Å². The lowest BCUT2D eigenvalue weighted by atomic mass is 10.3. The SMILES string of the molecule is CN(Cc1nc2ccccc2s1)C(=O)Cn1c(-c2cccs2)n[nH]c1=S. The molecule has 0 aliphatic carbocycles. The monoisotopic (exact) mass is 401 g/mol. The van der Waals surface area contributed by atoms with Gasteiger partial charge in [0.15, 0.2) is 10.6 Å². The number of carbonyl (C=O) groups excluding carboxylic acids is 1.